The molecule has 1 aliphatic carbocycles. The molecule has 0 amide bonds. The van der Waals surface area contributed by atoms with E-state index in [-0.39, 0.29) is 18.9 Å². The van der Waals surface area contributed by atoms with Crippen LogP contribution in [0.5, 0.6) is 0 Å². The van der Waals surface area contributed by atoms with Gasteiger partial charge in [-0.05, 0) is 56.2 Å². The van der Waals surface area contributed by atoms with E-state index in [1.165, 1.54) is 0 Å². The van der Waals surface area contributed by atoms with Gasteiger partial charge in [0.15, 0.2) is 15.7 Å². The van der Waals surface area contributed by atoms with Gasteiger partial charge in [-0.3, -0.25) is 0 Å². The number of ether oxygens (including phenoxy) is 1. The molecule has 2 aromatic carbocycles. The zero-order valence-electron chi connectivity index (χ0n) is 18.5. The number of hydrogen-bond donors (Lipinski definition) is 1. The molecule has 1 saturated heterocycles. The normalized spacial score (nSPS) is 19.7. The molecule has 1 aromatic heterocycles. The Balaban J connectivity index is 1.66. The van der Waals surface area contributed by atoms with Gasteiger partial charge in [0.2, 0.25) is 0 Å². The first-order valence-corrected chi connectivity index (χ1v) is 12.5. The van der Waals surface area contributed by atoms with Crippen molar-refractivity contribution in [1.29, 1.82) is 0 Å². The number of nitrogen functional groups attached to an aromatic ring is 1. The average molecular weight is 487 g/mol. The van der Waals surface area contributed by atoms with Crippen LogP contribution in [0.4, 0.5) is 20.3 Å². The van der Waals surface area contributed by atoms with Crippen LogP contribution in [0.3, 0.4) is 0 Å². The first kappa shape index (κ1) is 22.7. The maximum Gasteiger partial charge on any atom is 0.192 e. The van der Waals surface area contributed by atoms with E-state index in [4.69, 9.17) is 15.5 Å². The summed E-state index contributed by atoms with van der Waals surface area (Å²) in [5, 5.41) is 0. The summed E-state index contributed by atoms with van der Waals surface area (Å²) in [5.41, 5.74) is 7.38. The van der Waals surface area contributed by atoms with Crippen LogP contribution in [0.2, 0.25) is 0 Å². The first-order chi connectivity index (χ1) is 16.2. The van der Waals surface area contributed by atoms with Crippen molar-refractivity contribution in [2.45, 2.75) is 35.4 Å². The second-order valence-electron chi connectivity index (χ2n) is 8.75. The number of rotatable bonds is 5. The van der Waals surface area contributed by atoms with Gasteiger partial charge in [-0.2, -0.15) is 0 Å². The zero-order chi connectivity index (χ0) is 24.1. The van der Waals surface area contributed by atoms with Crippen LogP contribution in [0, 0.1) is 11.6 Å². The van der Waals surface area contributed by atoms with E-state index in [0.29, 0.717) is 54.4 Å². The van der Waals surface area contributed by atoms with Crippen molar-refractivity contribution in [3.05, 3.63) is 65.9 Å². The van der Waals surface area contributed by atoms with Crippen LogP contribution >= 0.6 is 0 Å². The van der Waals surface area contributed by atoms with Crippen LogP contribution in [0.1, 0.15) is 25.5 Å². The first-order valence-electron chi connectivity index (χ1n) is 11.0. The molecule has 3 aromatic rings. The minimum Gasteiger partial charge on any atom is -0.399 e. The third-order valence-corrected chi connectivity index (χ3v) is 8.97. The van der Waals surface area contributed by atoms with E-state index in [9.17, 15) is 17.2 Å². The van der Waals surface area contributed by atoms with Crippen LogP contribution in [-0.2, 0) is 19.3 Å². The van der Waals surface area contributed by atoms with E-state index < -0.39 is 31.1 Å². The number of anilines is 2. The molecule has 0 unspecified atom stereocenters. The summed E-state index contributed by atoms with van der Waals surface area (Å²) in [5.74, 6) is -1.01. The molecular formula is C24H24F2N4O3S. The van der Waals surface area contributed by atoms with Crippen LogP contribution in [0.15, 0.2) is 53.4 Å². The standard InChI is InChI=1S/C24H24F2N4O3S/c1-15-14-33-11-10-30(15)22-13-21(28-23(29-22)16-2-5-18(27)6-3-16)24(8-9-24)34(31,32)20-7-4-17(25)12-19(20)26/h2-7,12-13,15H,8-11,14,27H2,1H3/t15-/m0/s1. The van der Waals surface area contributed by atoms with Crippen LogP contribution in [-0.4, -0.2) is 44.2 Å². The maximum absolute atomic E-state index is 14.5. The smallest absolute Gasteiger partial charge is 0.192 e. The fourth-order valence-electron chi connectivity index (χ4n) is 4.32. The lowest BCUT2D eigenvalue weighted by Gasteiger charge is -2.34. The van der Waals surface area contributed by atoms with Gasteiger partial charge in [-0.25, -0.2) is 27.2 Å². The molecule has 7 nitrogen and oxygen atoms in total. The lowest BCUT2D eigenvalue weighted by atomic mass is 10.1. The predicted octanol–water partition coefficient (Wildman–Crippen LogP) is 3.69. The quantitative estimate of drug-likeness (QED) is 0.434. The monoisotopic (exact) mass is 486 g/mol. The van der Waals surface area contributed by atoms with E-state index in [0.717, 1.165) is 12.1 Å². The molecular weight excluding hydrogens is 462 g/mol. The number of sulfone groups is 1. The lowest BCUT2D eigenvalue weighted by molar-refractivity contribution is 0.0985. The molecule has 2 fully saturated rings. The van der Waals surface area contributed by atoms with E-state index in [1.54, 1.807) is 30.3 Å². The Morgan fingerprint density at radius 3 is 2.47 bits per heavy atom. The zero-order valence-corrected chi connectivity index (χ0v) is 19.4. The van der Waals surface area contributed by atoms with Crippen molar-refractivity contribution >= 4 is 21.3 Å². The van der Waals surface area contributed by atoms with Gasteiger partial charge in [0.1, 0.15) is 27.1 Å². The summed E-state index contributed by atoms with van der Waals surface area (Å²) < 4.78 is 59.4. The summed E-state index contributed by atoms with van der Waals surface area (Å²) in [6.45, 7) is 3.62. The van der Waals surface area contributed by atoms with Gasteiger partial charge in [0.05, 0.1) is 24.9 Å². The molecule has 2 aliphatic rings. The Kier molecular flexibility index (Phi) is 5.52. The summed E-state index contributed by atoms with van der Waals surface area (Å²) in [6, 6.07) is 11.2. The third kappa shape index (κ3) is 3.80. The van der Waals surface area contributed by atoms with Crippen LogP contribution < -0.4 is 10.6 Å². The van der Waals surface area contributed by atoms with E-state index in [1.807, 2.05) is 6.92 Å². The maximum atomic E-state index is 14.5. The van der Waals surface area contributed by atoms with Gasteiger partial charge in [0, 0.05) is 29.9 Å². The van der Waals surface area contributed by atoms with Crippen molar-refractivity contribution in [3.63, 3.8) is 0 Å². The second-order valence-corrected chi connectivity index (χ2v) is 11.0. The second kappa shape index (κ2) is 8.28. The molecule has 0 radical (unpaired) electrons. The molecule has 10 heteroatoms. The number of halogens is 2. The summed E-state index contributed by atoms with van der Waals surface area (Å²) in [6.07, 6.45) is 0.560. The summed E-state index contributed by atoms with van der Waals surface area (Å²) in [4.78, 5) is 10.9. The molecule has 1 atom stereocenters. The summed E-state index contributed by atoms with van der Waals surface area (Å²) in [7, 11) is -4.19. The Labute approximate surface area is 196 Å². The summed E-state index contributed by atoms with van der Waals surface area (Å²) >= 11 is 0. The highest BCUT2D eigenvalue weighted by Gasteiger charge is 2.58. The lowest BCUT2D eigenvalue weighted by Crippen LogP contribution is -2.44. The molecule has 0 bridgehead atoms. The fourth-order valence-corrected chi connectivity index (χ4v) is 6.33. The minimum absolute atomic E-state index is 0.0251. The SMILES string of the molecule is C[C@H]1COCCN1c1cc(C2(S(=O)(=O)c3ccc(F)cc3F)CC2)nc(-c2ccc(N)cc2)n1. The predicted molar refractivity (Wildman–Crippen MR) is 124 cm³/mol. The topological polar surface area (TPSA) is 98.4 Å². The Hall–Kier alpha value is -3.11. The van der Waals surface area contributed by atoms with Crippen molar-refractivity contribution < 1.29 is 21.9 Å². The van der Waals surface area contributed by atoms with E-state index >= 15 is 0 Å². The molecule has 34 heavy (non-hydrogen) atoms. The van der Waals surface area contributed by atoms with Gasteiger partial charge < -0.3 is 15.4 Å². The van der Waals surface area contributed by atoms with Gasteiger partial charge in [-0.1, -0.05) is 0 Å². The number of benzene rings is 2. The van der Waals surface area contributed by atoms with Crippen molar-refractivity contribution in [3.8, 4) is 11.4 Å². The van der Waals surface area contributed by atoms with Crippen molar-refractivity contribution in [2.75, 3.05) is 30.4 Å². The highest BCUT2D eigenvalue weighted by Crippen LogP contribution is 2.55. The number of nitrogens with two attached hydrogens (primary N) is 1. The number of aromatic nitrogens is 2. The molecule has 178 valence electrons. The fraction of sp³-hybridized carbons (Fsp3) is 0.333. The minimum atomic E-state index is -4.19. The molecule has 0 spiro atoms. The average Bonchev–Trinajstić information content (AvgIpc) is 3.62. The Morgan fingerprint density at radius 2 is 1.82 bits per heavy atom. The molecule has 5 rings (SSSR count). The van der Waals surface area contributed by atoms with Gasteiger partial charge >= 0.3 is 0 Å². The Bertz CT molecular complexity index is 1340. The van der Waals surface area contributed by atoms with Gasteiger partial charge in [0.25, 0.3) is 0 Å². The molecule has 1 saturated carbocycles. The molecule has 2 heterocycles. The molecule has 1 aliphatic heterocycles. The van der Waals surface area contributed by atoms with E-state index in [2.05, 4.69) is 9.88 Å². The number of morpholine rings is 1. The largest absolute Gasteiger partial charge is 0.399 e. The number of nitrogens with zero attached hydrogens (tertiary/aromatic N) is 3. The highest BCUT2D eigenvalue weighted by molar-refractivity contribution is 7.92. The number of hydrogen-bond acceptors (Lipinski definition) is 7. The Morgan fingerprint density at radius 1 is 1.09 bits per heavy atom. The van der Waals surface area contributed by atoms with Crippen molar-refractivity contribution in [1.82, 2.24) is 9.97 Å². The van der Waals surface area contributed by atoms with Crippen molar-refractivity contribution in [2.24, 2.45) is 0 Å². The van der Waals surface area contributed by atoms with Gasteiger partial charge in [-0.15, -0.1) is 0 Å². The van der Waals surface area contributed by atoms with Crippen LogP contribution in [0.25, 0.3) is 11.4 Å². The highest BCUT2D eigenvalue weighted by atomic mass is 32.2. The third-order valence-electron chi connectivity index (χ3n) is 6.41. The molecule has 2 N–H and O–H groups in total.